The number of amides is 1. The lowest BCUT2D eigenvalue weighted by molar-refractivity contribution is -0.119. The third-order valence-electron chi connectivity index (χ3n) is 2.30. The van der Waals surface area contributed by atoms with Gasteiger partial charge in [0, 0.05) is 19.0 Å². The molecular weight excluding hydrogens is 154 g/mol. The smallest absolute Gasteiger partial charge is 0.219 e. The molecule has 70 valence electrons. The van der Waals surface area contributed by atoms with E-state index in [9.17, 15) is 4.79 Å². The normalized spacial score (nSPS) is 26.6. The van der Waals surface area contributed by atoms with Crippen LogP contribution >= 0.6 is 0 Å². The molecule has 1 heterocycles. The molecule has 4 nitrogen and oxygen atoms in total. The van der Waals surface area contributed by atoms with Gasteiger partial charge in [-0.25, -0.2) is 0 Å². The first-order valence-electron chi connectivity index (χ1n) is 4.39. The van der Waals surface area contributed by atoms with Crippen LogP contribution in [0.3, 0.4) is 0 Å². The largest absolute Gasteiger partial charge is 0.370 e. The van der Waals surface area contributed by atoms with Crippen LogP contribution in [-0.4, -0.2) is 43.5 Å². The maximum atomic E-state index is 10.7. The molecule has 0 aromatic carbocycles. The van der Waals surface area contributed by atoms with Gasteiger partial charge in [-0.2, -0.15) is 0 Å². The molecule has 1 atom stereocenters. The molecule has 3 N–H and O–H groups in total. The number of nitrogens with zero attached hydrogens (tertiary/aromatic N) is 1. The Morgan fingerprint density at radius 2 is 2.50 bits per heavy atom. The standard InChI is InChI=1S/C8H17N3O/c1-11-4-2-3-10-6-7(11)5-8(9)12/h7,10H,2-6H2,1H3,(H2,9,12). The molecule has 1 aliphatic heterocycles. The van der Waals surface area contributed by atoms with Crippen LogP contribution in [0, 0.1) is 0 Å². The molecule has 0 radical (unpaired) electrons. The van der Waals surface area contributed by atoms with Crippen LogP contribution in [0.4, 0.5) is 0 Å². The highest BCUT2D eigenvalue weighted by molar-refractivity contribution is 5.74. The summed E-state index contributed by atoms with van der Waals surface area (Å²) in [6.07, 6.45) is 1.61. The highest BCUT2D eigenvalue weighted by Crippen LogP contribution is 2.04. The van der Waals surface area contributed by atoms with Crippen LogP contribution in [-0.2, 0) is 4.79 Å². The number of likely N-dealkylation sites (N-methyl/N-ethyl adjacent to an activating group) is 1. The van der Waals surface area contributed by atoms with Crippen molar-refractivity contribution in [3.05, 3.63) is 0 Å². The maximum absolute atomic E-state index is 10.7. The predicted octanol–water partition coefficient (Wildman–Crippen LogP) is -0.844. The summed E-state index contributed by atoms with van der Waals surface area (Å²) in [7, 11) is 2.04. The van der Waals surface area contributed by atoms with Crippen molar-refractivity contribution in [3.8, 4) is 0 Å². The summed E-state index contributed by atoms with van der Waals surface area (Å²) in [5.41, 5.74) is 5.14. The minimum atomic E-state index is -0.212. The summed E-state index contributed by atoms with van der Waals surface area (Å²) in [6.45, 7) is 2.96. The van der Waals surface area contributed by atoms with Gasteiger partial charge in [0.05, 0.1) is 0 Å². The van der Waals surface area contributed by atoms with E-state index in [2.05, 4.69) is 10.2 Å². The number of rotatable bonds is 2. The van der Waals surface area contributed by atoms with Gasteiger partial charge in [0.15, 0.2) is 0 Å². The Labute approximate surface area is 73.1 Å². The van der Waals surface area contributed by atoms with E-state index in [1.807, 2.05) is 7.05 Å². The van der Waals surface area contributed by atoms with Gasteiger partial charge in [0.1, 0.15) is 0 Å². The Morgan fingerprint density at radius 3 is 3.17 bits per heavy atom. The lowest BCUT2D eigenvalue weighted by Gasteiger charge is -2.23. The Morgan fingerprint density at radius 1 is 1.75 bits per heavy atom. The highest BCUT2D eigenvalue weighted by Gasteiger charge is 2.18. The van der Waals surface area contributed by atoms with Gasteiger partial charge >= 0.3 is 0 Å². The molecule has 1 saturated heterocycles. The topological polar surface area (TPSA) is 58.4 Å². The molecule has 1 unspecified atom stereocenters. The number of carbonyl (C=O) groups is 1. The van der Waals surface area contributed by atoms with Crippen molar-refractivity contribution in [3.63, 3.8) is 0 Å². The molecule has 1 aliphatic rings. The summed E-state index contributed by atoms with van der Waals surface area (Å²) in [5.74, 6) is -0.212. The molecular formula is C8H17N3O. The summed E-state index contributed by atoms with van der Waals surface area (Å²) in [6, 6.07) is 0.282. The average molecular weight is 171 g/mol. The molecule has 1 amide bonds. The van der Waals surface area contributed by atoms with Gasteiger partial charge in [0.25, 0.3) is 0 Å². The number of primary amides is 1. The van der Waals surface area contributed by atoms with Crippen molar-refractivity contribution in [1.29, 1.82) is 0 Å². The van der Waals surface area contributed by atoms with E-state index in [1.165, 1.54) is 0 Å². The lowest BCUT2D eigenvalue weighted by atomic mass is 10.2. The molecule has 0 aromatic rings. The van der Waals surface area contributed by atoms with Crippen LogP contribution in [0.25, 0.3) is 0 Å². The van der Waals surface area contributed by atoms with Gasteiger partial charge in [-0.3, -0.25) is 4.79 Å². The van der Waals surface area contributed by atoms with Gasteiger partial charge in [-0.1, -0.05) is 0 Å². The fraction of sp³-hybridized carbons (Fsp3) is 0.875. The summed E-state index contributed by atoms with van der Waals surface area (Å²) < 4.78 is 0. The third kappa shape index (κ3) is 2.79. The van der Waals surface area contributed by atoms with Crippen molar-refractivity contribution >= 4 is 5.91 Å². The molecule has 0 spiro atoms. The maximum Gasteiger partial charge on any atom is 0.219 e. The van der Waals surface area contributed by atoms with Crippen molar-refractivity contribution in [2.45, 2.75) is 18.9 Å². The van der Waals surface area contributed by atoms with Crippen LogP contribution in [0.1, 0.15) is 12.8 Å². The van der Waals surface area contributed by atoms with Crippen molar-refractivity contribution in [1.82, 2.24) is 10.2 Å². The van der Waals surface area contributed by atoms with Gasteiger partial charge < -0.3 is 16.0 Å². The van der Waals surface area contributed by atoms with E-state index in [0.717, 1.165) is 26.1 Å². The Bertz CT molecular complexity index is 160. The van der Waals surface area contributed by atoms with Gasteiger partial charge in [-0.05, 0) is 26.6 Å². The minimum absolute atomic E-state index is 0.212. The van der Waals surface area contributed by atoms with Crippen molar-refractivity contribution < 1.29 is 4.79 Å². The summed E-state index contributed by atoms with van der Waals surface area (Å²) in [5, 5.41) is 3.28. The van der Waals surface area contributed by atoms with E-state index in [4.69, 9.17) is 5.73 Å². The van der Waals surface area contributed by atoms with E-state index < -0.39 is 0 Å². The zero-order chi connectivity index (χ0) is 8.97. The van der Waals surface area contributed by atoms with Crippen molar-refractivity contribution in [2.24, 2.45) is 5.73 Å². The first kappa shape index (κ1) is 9.48. The Balaban J connectivity index is 2.41. The first-order valence-corrected chi connectivity index (χ1v) is 4.39. The van der Waals surface area contributed by atoms with E-state index in [0.29, 0.717) is 6.42 Å². The van der Waals surface area contributed by atoms with Crippen LogP contribution in [0.5, 0.6) is 0 Å². The Kier molecular flexibility index (Phi) is 3.49. The third-order valence-corrected chi connectivity index (χ3v) is 2.30. The van der Waals surface area contributed by atoms with E-state index in [1.54, 1.807) is 0 Å². The number of hydrogen-bond donors (Lipinski definition) is 2. The molecule has 4 heteroatoms. The van der Waals surface area contributed by atoms with E-state index in [-0.39, 0.29) is 11.9 Å². The predicted molar refractivity (Wildman–Crippen MR) is 47.7 cm³/mol. The quantitative estimate of drug-likeness (QED) is 0.569. The summed E-state index contributed by atoms with van der Waals surface area (Å²) in [4.78, 5) is 12.9. The highest BCUT2D eigenvalue weighted by atomic mass is 16.1. The molecule has 0 aromatic heterocycles. The fourth-order valence-corrected chi connectivity index (χ4v) is 1.52. The molecule has 1 fully saturated rings. The van der Waals surface area contributed by atoms with Crippen LogP contribution in [0.2, 0.25) is 0 Å². The van der Waals surface area contributed by atoms with Crippen LogP contribution < -0.4 is 11.1 Å². The molecule has 0 saturated carbocycles. The zero-order valence-corrected chi connectivity index (χ0v) is 7.55. The molecule has 12 heavy (non-hydrogen) atoms. The lowest BCUT2D eigenvalue weighted by Crippen LogP contribution is -2.39. The molecule has 1 rings (SSSR count). The molecule has 0 aliphatic carbocycles. The fourth-order valence-electron chi connectivity index (χ4n) is 1.52. The second kappa shape index (κ2) is 4.42. The number of nitrogens with one attached hydrogen (secondary N) is 1. The van der Waals surface area contributed by atoms with Crippen LogP contribution in [0.15, 0.2) is 0 Å². The van der Waals surface area contributed by atoms with E-state index >= 15 is 0 Å². The van der Waals surface area contributed by atoms with Gasteiger partial charge in [0.2, 0.25) is 5.91 Å². The second-order valence-electron chi connectivity index (χ2n) is 3.36. The number of nitrogens with two attached hydrogens (primary N) is 1. The van der Waals surface area contributed by atoms with Crippen molar-refractivity contribution in [2.75, 3.05) is 26.7 Å². The monoisotopic (exact) mass is 171 g/mol. The Hall–Kier alpha value is -0.610. The second-order valence-corrected chi connectivity index (χ2v) is 3.36. The average Bonchev–Trinajstić information content (AvgIpc) is 2.16. The summed E-state index contributed by atoms with van der Waals surface area (Å²) >= 11 is 0. The SMILES string of the molecule is CN1CCCNCC1CC(N)=O. The van der Waals surface area contributed by atoms with Gasteiger partial charge in [-0.15, -0.1) is 0 Å². The minimum Gasteiger partial charge on any atom is -0.370 e. The number of carbonyl (C=O) groups excluding carboxylic acids is 1. The first-order chi connectivity index (χ1) is 5.70. The molecule has 0 bridgehead atoms. The number of hydrogen-bond acceptors (Lipinski definition) is 3. The zero-order valence-electron chi connectivity index (χ0n) is 7.55.